The van der Waals surface area contributed by atoms with Crippen molar-refractivity contribution < 1.29 is 0 Å². The first-order chi connectivity index (χ1) is 6.86. The monoisotopic (exact) mass is 210 g/mol. The standard InChI is InChI=1S/C7H10N6S/c1-13-7(10-11-12-13)9-3-2-6-8-4-5-14-6/h4-5H,2-3H2,1H3,(H,9,10,12). The van der Waals surface area contributed by atoms with Crippen molar-refractivity contribution in [2.45, 2.75) is 6.42 Å². The van der Waals surface area contributed by atoms with E-state index in [1.165, 1.54) is 0 Å². The second kappa shape index (κ2) is 4.14. The summed E-state index contributed by atoms with van der Waals surface area (Å²) in [5.74, 6) is 0.682. The number of anilines is 1. The summed E-state index contributed by atoms with van der Waals surface area (Å²) in [6.45, 7) is 0.793. The number of aryl methyl sites for hydroxylation is 1. The van der Waals surface area contributed by atoms with Crippen LogP contribution in [0.25, 0.3) is 0 Å². The Balaban J connectivity index is 1.81. The van der Waals surface area contributed by atoms with Crippen molar-refractivity contribution >= 4 is 17.3 Å². The summed E-state index contributed by atoms with van der Waals surface area (Å²) in [4.78, 5) is 4.18. The number of hydrogen-bond donors (Lipinski definition) is 1. The lowest BCUT2D eigenvalue weighted by Gasteiger charge is -2.01. The molecule has 0 unspecified atom stereocenters. The van der Waals surface area contributed by atoms with Gasteiger partial charge < -0.3 is 5.32 Å². The molecule has 2 aromatic rings. The van der Waals surface area contributed by atoms with E-state index >= 15 is 0 Å². The molecule has 2 heterocycles. The van der Waals surface area contributed by atoms with Gasteiger partial charge in [-0.15, -0.1) is 11.3 Å². The normalized spacial score (nSPS) is 10.4. The highest BCUT2D eigenvalue weighted by Gasteiger charge is 2.00. The molecule has 0 aliphatic heterocycles. The fourth-order valence-electron chi connectivity index (χ4n) is 1.04. The Kier molecular flexibility index (Phi) is 2.68. The Bertz CT molecular complexity index is 381. The Morgan fingerprint density at radius 1 is 1.57 bits per heavy atom. The van der Waals surface area contributed by atoms with Crippen molar-refractivity contribution in [1.82, 2.24) is 25.2 Å². The first-order valence-electron chi connectivity index (χ1n) is 4.21. The molecule has 0 aromatic carbocycles. The average Bonchev–Trinajstić information content (AvgIpc) is 2.78. The highest BCUT2D eigenvalue weighted by molar-refractivity contribution is 7.09. The fraction of sp³-hybridized carbons (Fsp3) is 0.429. The van der Waals surface area contributed by atoms with Crippen LogP contribution in [0, 0.1) is 0 Å². The summed E-state index contributed by atoms with van der Waals surface area (Å²) in [6, 6.07) is 0. The zero-order chi connectivity index (χ0) is 9.80. The summed E-state index contributed by atoms with van der Waals surface area (Å²) in [5, 5.41) is 17.3. The van der Waals surface area contributed by atoms with E-state index in [9.17, 15) is 0 Å². The zero-order valence-corrected chi connectivity index (χ0v) is 8.53. The maximum atomic E-state index is 4.18. The van der Waals surface area contributed by atoms with Crippen LogP contribution in [0.3, 0.4) is 0 Å². The van der Waals surface area contributed by atoms with Crippen molar-refractivity contribution in [3.8, 4) is 0 Å². The minimum atomic E-state index is 0.682. The van der Waals surface area contributed by atoms with Crippen LogP contribution >= 0.6 is 11.3 Å². The van der Waals surface area contributed by atoms with Crippen LogP contribution in [0.1, 0.15) is 5.01 Å². The minimum absolute atomic E-state index is 0.682. The van der Waals surface area contributed by atoms with Crippen molar-refractivity contribution in [3.05, 3.63) is 16.6 Å². The third-order valence-corrected chi connectivity index (χ3v) is 2.56. The molecule has 7 heteroatoms. The maximum Gasteiger partial charge on any atom is 0.242 e. The maximum absolute atomic E-state index is 4.18. The van der Waals surface area contributed by atoms with E-state index in [0.29, 0.717) is 5.95 Å². The van der Waals surface area contributed by atoms with Crippen LogP contribution in [-0.4, -0.2) is 31.7 Å². The predicted octanol–water partition coefficient (Wildman–Crippen LogP) is 0.321. The van der Waals surface area contributed by atoms with Crippen molar-refractivity contribution in [2.75, 3.05) is 11.9 Å². The second-order valence-electron chi connectivity index (χ2n) is 2.73. The third kappa shape index (κ3) is 2.05. The number of nitrogens with one attached hydrogen (secondary N) is 1. The molecule has 0 atom stereocenters. The van der Waals surface area contributed by atoms with Gasteiger partial charge in [0.1, 0.15) is 0 Å². The molecule has 0 amide bonds. The molecule has 0 fully saturated rings. The summed E-state index contributed by atoms with van der Waals surface area (Å²) >= 11 is 1.65. The molecule has 0 radical (unpaired) electrons. The topological polar surface area (TPSA) is 68.5 Å². The van der Waals surface area contributed by atoms with Crippen molar-refractivity contribution in [3.63, 3.8) is 0 Å². The van der Waals surface area contributed by atoms with Gasteiger partial charge in [-0.05, 0) is 10.4 Å². The number of tetrazole rings is 1. The van der Waals surface area contributed by atoms with E-state index < -0.39 is 0 Å². The van der Waals surface area contributed by atoms with Crippen molar-refractivity contribution in [2.24, 2.45) is 7.05 Å². The first-order valence-corrected chi connectivity index (χ1v) is 5.09. The molecule has 0 aliphatic rings. The molecule has 14 heavy (non-hydrogen) atoms. The Morgan fingerprint density at radius 3 is 3.14 bits per heavy atom. The largest absolute Gasteiger partial charge is 0.353 e. The molecule has 0 aliphatic carbocycles. The van der Waals surface area contributed by atoms with Gasteiger partial charge in [0.25, 0.3) is 0 Å². The van der Waals surface area contributed by atoms with Gasteiger partial charge in [0.2, 0.25) is 5.95 Å². The predicted molar refractivity (Wildman–Crippen MR) is 53.1 cm³/mol. The third-order valence-electron chi connectivity index (χ3n) is 1.73. The van der Waals surface area contributed by atoms with Crippen LogP contribution < -0.4 is 5.32 Å². The lowest BCUT2D eigenvalue weighted by Crippen LogP contribution is -2.09. The van der Waals surface area contributed by atoms with Gasteiger partial charge in [0.15, 0.2) is 0 Å². The second-order valence-corrected chi connectivity index (χ2v) is 3.71. The van der Waals surface area contributed by atoms with E-state index in [4.69, 9.17) is 0 Å². The molecular formula is C7H10N6S. The Hall–Kier alpha value is -1.50. The smallest absolute Gasteiger partial charge is 0.242 e. The molecule has 6 nitrogen and oxygen atoms in total. The Morgan fingerprint density at radius 2 is 2.50 bits per heavy atom. The van der Waals surface area contributed by atoms with Gasteiger partial charge in [0, 0.05) is 31.6 Å². The van der Waals surface area contributed by atoms with Crippen LogP contribution in [-0.2, 0) is 13.5 Å². The molecule has 74 valence electrons. The number of thiazole rings is 1. The number of aromatic nitrogens is 5. The van der Waals surface area contributed by atoms with E-state index in [2.05, 4.69) is 25.8 Å². The Labute approximate surface area is 85.0 Å². The highest BCUT2D eigenvalue weighted by atomic mass is 32.1. The van der Waals surface area contributed by atoms with E-state index in [1.807, 2.05) is 11.6 Å². The zero-order valence-electron chi connectivity index (χ0n) is 7.71. The SMILES string of the molecule is Cn1nnnc1NCCc1nccs1. The van der Waals surface area contributed by atoms with Gasteiger partial charge in [-0.3, -0.25) is 0 Å². The van der Waals surface area contributed by atoms with E-state index in [-0.39, 0.29) is 0 Å². The quantitative estimate of drug-likeness (QED) is 0.787. The van der Waals surface area contributed by atoms with Gasteiger partial charge in [-0.1, -0.05) is 5.10 Å². The lowest BCUT2D eigenvalue weighted by molar-refractivity contribution is 0.712. The number of nitrogens with zero attached hydrogens (tertiary/aromatic N) is 5. The van der Waals surface area contributed by atoms with Crippen LogP contribution in [0.15, 0.2) is 11.6 Å². The van der Waals surface area contributed by atoms with Gasteiger partial charge in [-0.2, -0.15) is 0 Å². The summed E-state index contributed by atoms with van der Waals surface area (Å²) in [6.07, 6.45) is 2.70. The molecule has 0 saturated heterocycles. The van der Waals surface area contributed by atoms with Crippen molar-refractivity contribution in [1.29, 1.82) is 0 Å². The van der Waals surface area contributed by atoms with E-state index in [0.717, 1.165) is 18.0 Å². The molecule has 0 spiro atoms. The summed E-state index contributed by atoms with van der Waals surface area (Å²) in [7, 11) is 1.80. The fourth-order valence-corrected chi connectivity index (χ4v) is 1.66. The van der Waals surface area contributed by atoms with Gasteiger partial charge in [-0.25, -0.2) is 9.67 Å². The molecule has 1 N–H and O–H groups in total. The lowest BCUT2D eigenvalue weighted by atomic mass is 10.4. The van der Waals surface area contributed by atoms with E-state index in [1.54, 1.807) is 23.1 Å². The summed E-state index contributed by atoms with van der Waals surface area (Å²) < 4.78 is 1.60. The highest BCUT2D eigenvalue weighted by Crippen LogP contribution is 2.04. The molecule has 2 aromatic heterocycles. The molecule has 2 rings (SSSR count). The average molecular weight is 210 g/mol. The molecular weight excluding hydrogens is 200 g/mol. The molecule has 0 saturated carbocycles. The van der Waals surface area contributed by atoms with Crippen LogP contribution in [0.4, 0.5) is 5.95 Å². The number of hydrogen-bond acceptors (Lipinski definition) is 6. The van der Waals surface area contributed by atoms with Gasteiger partial charge in [0.05, 0.1) is 5.01 Å². The van der Waals surface area contributed by atoms with Crippen LogP contribution in [0.2, 0.25) is 0 Å². The van der Waals surface area contributed by atoms with Gasteiger partial charge >= 0.3 is 0 Å². The molecule has 0 bridgehead atoms. The number of rotatable bonds is 4. The van der Waals surface area contributed by atoms with Crippen LogP contribution in [0.5, 0.6) is 0 Å². The minimum Gasteiger partial charge on any atom is -0.353 e. The summed E-state index contributed by atoms with van der Waals surface area (Å²) in [5.41, 5.74) is 0. The first kappa shape index (κ1) is 9.07.